The molecule has 2 N–H and O–H groups in total. The van der Waals surface area contributed by atoms with Crippen molar-refractivity contribution in [1.82, 2.24) is 4.90 Å². The van der Waals surface area contributed by atoms with Crippen molar-refractivity contribution in [1.29, 1.82) is 0 Å². The van der Waals surface area contributed by atoms with Crippen molar-refractivity contribution in [3.8, 4) is 0 Å². The predicted molar refractivity (Wildman–Crippen MR) is 87.1 cm³/mol. The monoisotopic (exact) mass is 293 g/mol. The molecular weight excluding hydrogens is 265 g/mol. The first-order valence-corrected chi connectivity index (χ1v) is 7.85. The molecule has 1 atom stereocenters. The summed E-state index contributed by atoms with van der Waals surface area (Å²) in [6.07, 6.45) is 1.02. The van der Waals surface area contributed by atoms with E-state index in [0.29, 0.717) is 0 Å². The maximum absolute atomic E-state index is 13.8. The number of nitrogens with zero attached hydrogens (tertiary/aromatic N) is 2. The summed E-state index contributed by atoms with van der Waals surface area (Å²) < 4.78 is 13.8. The number of nitrogens with two attached hydrogens (primary N) is 1. The molecule has 0 spiro atoms. The van der Waals surface area contributed by atoms with Crippen LogP contribution in [0.5, 0.6) is 0 Å². The second-order valence-electron chi connectivity index (χ2n) is 7.04. The molecule has 1 aromatic carbocycles. The van der Waals surface area contributed by atoms with Gasteiger partial charge in [-0.15, -0.1) is 0 Å². The molecule has 1 aliphatic heterocycles. The van der Waals surface area contributed by atoms with Gasteiger partial charge < -0.3 is 10.6 Å². The van der Waals surface area contributed by atoms with E-state index >= 15 is 0 Å². The fraction of sp³-hybridized carbons (Fsp3) is 0.647. The van der Waals surface area contributed by atoms with E-state index in [0.717, 1.165) is 44.8 Å². The zero-order chi connectivity index (χ0) is 15.5. The van der Waals surface area contributed by atoms with E-state index in [1.165, 1.54) is 6.07 Å². The summed E-state index contributed by atoms with van der Waals surface area (Å²) in [6, 6.07) is 7.25. The smallest absolute Gasteiger partial charge is 0.146 e. The Bertz CT molecular complexity index is 448. The Hall–Kier alpha value is -1.13. The summed E-state index contributed by atoms with van der Waals surface area (Å²) in [4.78, 5) is 4.57. The summed E-state index contributed by atoms with van der Waals surface area (Å²) >= 11 is 0. The first-order valence-electron chi connectivity index (χ1n) is 7.85. The average Bonchev–Trinajstić information content (AvgIpc) is 2.45. The molecule has 1 fully saturated rings. The highest BCUT2D eigenvalue weighted by molar-refractivity contribution is 5.47. The largest absolute Gasteiger partial charge is 0.367 e. The SMILES string of the molecule is CC(C)(C)C(N)CCN1CCN(c2ccccc2F)CC1. The Morgan fingerprint density at radius 1 is 1.14 bits per heavy atom. The first kappa shape index (κ1) is 16.2. The van der Waals surface area contributed by atoms with Gasteiger partial charge in [0.15, 0.2) is 0 Å². The number of hydrogen-bond acceptors (Lipinski definition) is 3. The van der Waals surface area contributed by atoms with Gasteiger partial charge in [-0.1, -0.05) is 32.9 Å². The molecule has 21 heavy (non-hydrogen) atoms. The highest BCUT2D eigenvalue weighted by Crippen LogP contribution is 2.22. The molecule has 4 heteroatoms. The molecule has 0 aromatic heterocycles. The third-order valence-corrected chi connectivity index (χ3v) is 4.43. The van der Waals surface area contributed by atoms with E-state index < -0.39 is 0 Å². The Kier molecular flexibility index (Phi) is 5.22. The van der Waals surface area contributed by atoms with Crippen LogP contribution in [0, 0.1) is 11.2 Å². The highest BCUT2D eigenvalue weighted by atomic mass is 19.1. The zero-order valence-corrected chi connectivity index (χ0v) is 13.5. The van der Waals surface area contributed by atoms with Crippen molar-refractivity contribution in [2.75, 3.05) is 37.6 Å². The molecule has 0 bridgehead atoms. The molecule has 0 amide bonds. The second kappa shape index (κ2) is 6.75. The summed E-state index contributed by atoms with van der Waals surface area (Å²) in [5.74, 6) is -0.124. The lowest BCUT2D eigenvalue weighted by atomic mass is 9.85. The average molecular weight is 293 g/mol. The summed E-state index contributed by atoms with van der Waals surface area (Å²) in [5.41, 5.74) is 7.11. The van der Waals surface area contributed by atoms with Crippen LogP contribution in [0.1, 0.15) is 27.2 Å². The number of halogens is 1. The van der Waals surface area contributed by atoms with Gasteiger partial charge in [0.25, 0.3) is 0 Å². The number of hydrogen-bond donors (Lipinski definition) is 1. The number of rotatable bonds is 4. The van der Waals surface area contributed by atoms with Crippen molar-refractivity contribution in [2.45, 2.75) is 33.2 Å². The van der Waals surface area contributed by atoms with Crippen LogP contribution >= 0.6 is 0 Å². The lowest BCUT2D eigenvalue weighted by molar-refractivity contribution is 0.218. The van der Waals surface area contributed by atoms with Crippen LogP contribution in [0.4, 0.5) is 10.1 Å². The second-order valence-corrected chi connectivity index (χ2v) is 7.04. The minimum Gasteiger partial charge on any atom is -0.367 e. The van der Waals surface area contributed by atoms with Crippen molar-refractivity contribution >= 4 is 5.69 Å². The highest BCUT2D eigenvalue weighted by Gasteiger charge is 2.23. The van der Waals surface area contributed by atoms with Gasteiger partial charge in [0.05, 0.1) is 5.69 Å². The molecule has 1 unspecified atom stereocenters. The third kappa shape index (κ3) is 4.42. The van der Waals surface area contributed by atoms with Gasteiger partial charge in [-0.05, 0) is 30.5 Å². The molecule has 1 aromatic rings. The Morgan fingerprint density at radius 2 is 1.76 bits per heavy atom. The summed E-state index contributed by atoms with van der Waals surface area (Å²) in [6.45, 7) is 11.3. The minimum atomic E-state index is -0.124. The van der Waals surface area contributed by atoms with Gasteiger partial charge >= 0.3 is 0 Å². The molecule has 2 rings (SSSR count). The van der Waals surface area contributed by atoms with Gasteiger partial charge in [-0.2, -0.15) is 0 Å². The maximum atomic E-state index is 13.8. The molecule has 1 saturated heterocycles. The quantitative estimate of drug-likeness (QED) is 0.926. The number of benzene rings is 1. The van der Waals surface area contributed by atoms with Crippen LogP contribution in [0.2, 0.25) is 0 Å². The zero-order valence-electron chi connectivity index (χ0n) is 13.5. The van der Waals surface area contributed by atoms with E-state index in [1.807, 2.05) is 12.1 Å². The fourth-order valence-electron chi connectivity index (χ4n) is 2.68. The molecule has 3 nitrogen and oxygen atoms in total. The van der Waals surface area contributed by atoms with E-state index in [9.17, 15) is 4.39 Å². The number of anilines is 1. The van der Waals surface area contributed by atoms with Crippen LogP contribution in [0.15, 0.2) is 24.3 Å². The maximum Gasteiger partial charge on any atom is 0.146 e. The van der Waals surface area contributed by atoms with Crippen molar-refractivity contribution in [3.63, 3.8) is 0 Å². The van der Waals surface area contributed by atoms with Crippen LogP contribution in [0.25, 0.3) is 0 Å². The number of para-hydroxylation sites is 1. The topological polar surface area (TPSA) is 32.5 Å². The molecule has 0 aliphatic carbocycles. The fourth-order valence-corrected chi connectivity index (χ4v) is 2.68. The standard InChI is InChI=1S/C17H28FN3/c1-17(2,3)16(19)8-9-20-10-12-21(13-11-20)15-7-5-4-6-14(15)18/h4-7,16H,8-13,19H2,1-3H3. The first-order chi connectivity index (χ1) is 9.88. The molecule has 0 radical (unpaired) electrons. The summed E-state index contributed by atoms with van der Waals surface area (Å²) in [5, 5.41) is 0. The lowest BCUT2D eigenvalue weighted by Gasteiger charge is -2.37. The van der Waals surface area contributed by atoms with Gasteiger partial charge in [0.2, 0.25) is 0 Å². The van der Waals surface area contributed by atoms with Gasteiger partial charge in [0, 0.05) is 32.2 Å². The summed E-state index contributed by atoms with van der Waals surface area (Å²) in [7, 11) is 0. The minimum absolute atomic E-state index is 0.124. The lowest BCUT2D eigenvalue weighted by Crippen LogP contribution is -2.48. The molecule has 118 valence electrons. The Balaban J connectivity index is 1.80. The van der Waals surface area contributed by atoms with Gasteiger partial charge in [0.1, 0.15) is 5.82 Å². The van der Waals surface area contributed by atoms with Crippen LogP contribution < -0.4 is 10.6 Å². The van der Waals surface area contributed by atoms with Crippen LogP contribution in [0.3, 0.4) is 0 Å². The van der Waals surface area contributed by atoms with Crippen molar-refractivity contribution in [3.05, 3.63) is 30.1 Å². The predicted octanol–water partition coefficient (Wildman–Crippen LogP) is 2.71. The molecule has 0 saturated carbocycles. The Morgan fingerprint density at radius 3 is 2.33 bits per heavy atom. The van der Waals surface area contributed by atoms with Gasteiger partial charge in [-0.25, -0.2) is 4.39 Å². The third-order valence-electron chi connectivity index (χ3n) is 4.43. The van der Waals surface area contributed by atoms with Crippen LogP contribution in [-0.4, -0.2) is 43.7 Å². The van der Waals surface area contributed by atoms with Crippen molar-refractivity contribution < 1.29 is 4.39 Å². The Labute approximate surface area is 127 Å². The van der Waals surface area contributed by atoms with E-state index in [2.05, 4.69) is 30.6 Å². The van der Waals surface area contributed by atoms with E-state index in [4.69, 9.17) is 5.73 Å². The van der Waals surface area contributed by atoms with E-state index in [1.54, 1.807) is 6.07 Å². The molecule has 1 aliphatic rings. The van der Waals surface area contributed by atoms with Gasteiger partial charge in [-0.3, -0.25) is 4.90 Å². The number of piperazine rings is 1. The van der Waals surface area contributed by atoms with E-state index in [-0.39, 0.29) is 17.3 Å². The molecular formula is C17H28FN3. The van der Waals surface area contributed by atoms with Crippen molar-refractivity contribution in [2.24, 2.45) is 11.1 Å². The normalized spacial score (nSPS) is 18.8. The van der Waals surface area contributed by atoms with Crippen LogP contribution in [-0.2, 0) is 0 Å². The molecule has 1 heterocycles.